The molecule has 25 heavy (non-hydrogen) atoms. The molecule has 8 heteroatoms. The molecule has 2 aromatic rings. The maximum atomic E-state index is 13.7. The Kier molecular flexibility index (Phi) is 5.25. The molecule has 134 valence electrons. The Bertz CT molecular complexity index is 761. The Morgan fingerprint density at radius 1 is 1.28 bits per heavy atom. The topological polar surface area (TPSA) is 63.1 Å². The first kappa shape index (κ1) is 17.3. The molecule has 2 heterocycles. The van der Waals surface area contributed by atoms with E-state index in [9.17, 15) is 13.6 Å². The van der Waals surface area contributed by atoms with E-state index in [0.717, 1.165) is 43.5 Å². The predicted octanol–water partition coefficient (Wildman–Crippen LogP) is 2.62. The number of carbonyl (C=O) groups excluding carboxylic acids is 1. The van der Waals surface area contributed by atoms with Crippen LogP contribution in [0.15, 0.2) is 18.2 Å². The number of amides is 2. The maximum absolute atomic E-state index is 13.7. The molecule has 0 saturated heterocycles. The van der Waals surface area contributed by atoms with Crippen molar-refractivity contribution in [3.63, 3.8) is 0 Å². The molecule has 1 N–H and O–H groups in total. The first-order valence-electron chi connectivity index (χ1n) is 8.38. The first-order chi connectivity index (χ1) is 12.0. The SMILES string of the molecule is CN(Cc1ccc(F)cc1F)C(=O)NCc1nnc2n1CCCCC2. The third-order valence-corrected chi connectivity index (χ3v) is 4.35. The number of carbonyl (C=O) groups is 1. The van der Waals surface area contributed by atoms with Crippen LogP contribution in [-0.2, 0) is 26.1 Å². The van der Waals surface area contributed by atoms with E-state index >= 15 is 0 Å². The normalized spacial score (nSPS) is 13.9. The number of hydrogen-bond donors (Lipinski definition) is 1. The van der Waals surface area contributed by atoms with Crippen molar-refractivity contribution in [1.29, 1.82) is 0 Å². The molecule has 0 fully saturated rings. The summed E-state index contributed by atoms with van der Waals surface area (Å²) in [6.07, 6.45) is 4.26. The van der Waals surface area contributed by atoms with E-state index in [1.807, 2.05) is 0 Å². The standard InChI is InChI=1S/C17H21F2N5O/c1-23(11-12-6-7-13(18)9-14(12)19)17(25)20-10-16-22-21-15-5-3-2-4-8-24(15)16/h6-7,9H,2-5,8,10-11H2,1H3,(H,20,25). The summed E-state index contributed by atoms with van der Waals surface area (Å²) in [6, 6.07) is 2.98. The van der Waals surface area contributed by atoms with Crippen molar-refractivity contribution in [2.24, 2.45) is 0 Å². The van der Waals surface area contributed by atoms with Gasteiger partial charge in [-0.25, -0.2) is 13.6 Å². The number of nitrogens with zero attached hydrogens (tertiary/aromatic N) is 4. The molecule has 0 saturated carbocycles. The fourth-order valence-corrected chi connectivity index (χ4v) is 2.94. The van der Waals surface area contributed by atoms with Gasteiger partial charge in [-0.3, -0.25) is 0 Å². The first-order valence-corrected chi connectivity index (χ1v) is 8.38. The van der Waals surface area contributed by atoms with Gasteiger partial charge in [0.25, 0.3) is 0 Å². The molecule has 1 aliphatic heterocycles. The molecule has 0 atom stereocenters. The fraction of sp³-hybridized carbons (Fsp3) is 0.471. The lowest BCUT2D eigenvalue weighted by Crippen LogP contribution is -2.37. The smallest absolute Gasteiger partial charge is 0.317 e. The quantitative estimate of drug-likeness (QED) is 0.923. The highest BCUT2D eigenvalue weighted by atomic mass is 19.1. The van der Waals surface area contributed by atoms with Crippen LogP contribution in [0.3, 0.4) is 0 Å². The second-order valence-corrected chi connectivity index (χ2v) is 6.25. The summed E-state index contributed by atoms with van der Waals surface area (Å²) in [4.78, 5) is 13.6. The van der Waals surface area contributed by atoms with Crippen LogP contribution in [0.2, 0.25) is 0 Å². The molecule has 1 aromatic carbocycles. The van der Waals surface area contributed by atoms with Gasteiger partial charge >= 0.3 is 6.03 Å². The largest absolute Gasteiger partial charge is 0.331 e. The zero-order valence-corrected chi connectivity index (χ0v) is 14.1. The van der Waals surface area contributed by atoms with Crippen molar-refractivity contribution in [3.05, 3.63) is 47.0 Å². The van der Waals surface area contributed by atoms with Crippen LogP contribution in [-0.4, -0.2) is 32.7 Å². The molecule has 1 aliphatic rings. The number of aromatic nitrogens is 3. The second kappa shape index (κ2) is 7.58. The van der Waals surface area contributed by atoms with Crippen LogP contribution in [0.5, 0.6) is 0 Å². The number of aryl methyl sites for hydroxylation is 1. The van der Waals surface area contributed by atoms with Crippen LogP contribution in [0.4, 0.5) is 13.6 Å². The van der Waals surface area contributed by atoms with Crippen molar-refractivity contribution in [1.82, 2.24) is 25.0 Å². The van der Waals surface area contributed by atoms with E-state index in [1.165, 1.54) is 23.5 Å². The Morgan fingerprint density at radius 2 is 2.12 bits per heavy atom. The summed E-state index contributed by atoms with van der Waals surface area (Å²) >= 11 is 0. The number of urea groups is 1. The Morgan fingerprint density at radius 3 is 2.92 bits per heavy atom. The lowest BCUT2D eigenvalue weighted by Gasteiger charge is -2.18. The van der Waals surface area contributed by atoms with E-state index in [1.54, 1.807) is 7.05 Å². The van der Waals surface area contributed by atoms with Gasteiger partial charge in [0.15, 0.2) is 5.82 Å². The minimum atomic E-state index is -0.664. The van der Waals surface area contributed by atoms with Gasteiger partial charge in [-0.15, -0.1) is 10.2 Å². The molecule has 2 amide bonds. The number of fused-ring (bicyclic) bond motifs is 1. The molecule has 0 radical (unpaired) electrons. The summed E-state index contributed by atoms with van der Waals surface area (Å²) < 4.78 is 28.7. The van der Waals surface area contributed by atoms with E-state index in [0.29, 0.717) is 0 Å². The van der Waals surface area contributed by atoms with Gasteiger partial charge in [0.2, 0.25) is 0 Å². The van der Waals surface area contributed by atoms with Crippen molar-refractivity contribution < 1.29 is 13.6 Å². The lowest BCUT2D eigenvalue weighted by molar-refractivity contribution is 0.205. The minimum Gasteiger partial charge on any atom is -0.331 e. The highest BCUT2D eigenvalue weighted by Crippen LogP contribution is 2.15. The van der Waals surface area contributed by atoms with Crippen molar-refractivity contribution in [2.45, 2.75) is 45.3 Å². The fourth-order valence-electron chi connectivity index (χ4n) is 2.94. The zero-order chi connectivity index (χ0) is 17.8. The van der Waals surface area contributed by atoms with Crippen LogP contribution in [0.1, 0.15) is 36.5 Å². The monoisotopic (exact) mass is 349 g/mol. The van der Waals surface area contributed by atoms with Crippen LogP contribution in [0.25, 0.3) is 0 Å². The molecule has 0 bridgehead atoms. The maximum Gasteiger partial charge on any atom is 0.317 e. The number of benzene rings is 1. The number of rotatable bonds is 4. The molecule has 0 unspecified atom stereocenters. The third-order valence-electron chi connectivity index (χ3n) is 4.35. The van der Waals surface area contributed by atoms with Gasteiger partial charge in [-0.05, 0) is 18.9 Å². The summed E-state index contributed by atoms with van der Waals surface area (Å²) in [6.45, 7) is 1.18. The number of nitrogens with one attached hydrogen (secondary N) is 1. The Labute approximate surface area is 144 Å². The zero-order valence-electron chi connectivity index (χ0n) is 14.1. The predicted molar refractivity (Wildman–Crippen MR) is 87.6 cm³/mol. The van der Waals surface area contributed by atoms with Gasteiger partial charge in [0.1, 0.15) is 17.5 Å². The minimum absolute atomic E-state index is 0.0515. The van der Waals surface area contributed by atoms with E-state index in [2.05, 4.69) is 20.1 Å². The van der Waals surface area contributed by atoms with Gasteiger partial charge in [-0.1, -0.05) is 12.5 Å². The van der Waals surface area contributed by atoms with E-state index < -0.39 is 11.6 Å². The van der Waals surface area contributed by atoms with Crippen LogP contribution in [0, 0.1) is 11.6 Å². The van der Waals surface area contributed by atoms with Crippen molar-refractivity contribution in [2.75, 3.05) is 7.05 Å². The summed E-state index contributed by atoms with van der Waals surface area (Å²) in [5.74, 6) is 0.387. The van der Waals surface area contributed by atoms with Crippen LogP contribution >= 0.6 is 0 Å². The molecular weight excluding hydrogens is 328 g/mol. The van der Waals surface area contributed by atoms with Gasteiger partial charge in [-0.2, -0.15) is 0 Å². The molecule has 0 aliphatic carbocycles. The second-order valence-electron chi connectivity index (χ2n) is 6.25. The average Bonchev–Trinajstić information content (AvgIpc) is 2.81. The van der Waals surface area contributed by atoms with Gasteiger partial charge < -0.3 is 14.8 Å². The van der Waals surface area contributed by atoms with E-state index in [4.69, 9.17) is 0 Å². The summed E-state index contributed by atoms with van der Waals surface area (Å²) in [5.41, 5.74) is 0.260. The summed E-state index contributed by atoms with van der Waals surface area (Å²) in [7, 11) is 1.56. The van der Waals surface area contributed by atoms with E-state index in [-0.39, 0.29) is 24.7 Å². The Hall–Kier alpha value is -2.51. The lowest BCUT2D eigenvalue weighted by atomic mass is 10.2. The average molecular weight is 349 g/mol. The molecule has 0 spiro atoms. The van der Waals surface area contributed by atoms with Gasteiger partial charge in [0.05, 0.1) is 6.54 Å². The van der Waals surface area contributed by atoms with Crippen molar-refractivity contribution in [3.8, 4) is 0 Å². The Balaban J connectivity index is 1.58. The number of hydrogen-bond acceptors (Lipinski definition) is 3. The highest BCUT2D eigenvalue weighted by molar-refractivity contribution is 5.73. The van der Waals surface area contributed by atoms with Crippen molar-refractivity contribution >= 4 is 6.03 Å². The molecular formula is C17H21F2N5O. The van der Waals surface area contributed by atoms with Crippen LogP contribution < -0.4 is 5.32 Å². The third kappa shape index (κ3) is 4.12. The molecule has 3 rings (SSSR count). The summed E-state index contributed by atoms with van der Waals surface area (Å²) in [5, 5.41) is 11.1. The molecule has 1 aromatic heterocycles. The highest BCUT2D eigenvalue weighted by Gasteiger charge is 2.17. The number of halogens is 2. The van der Waals surface area contributed by atoms with Gasteiger partial charge in [0, 0.05) is 38.2 Å². The molecule has 6 nitrogen and oxygen atoms in total.